The molecule has 3 atom stereocenters. The maximum Gasteiger partial charge on any atom is 0.239 e. The van der Waals surface area contributed by atoms with Crippen LogP contribution in [0.25, 0.3) is 0 Å². The second kappa shape index (κ2) is 8.31. The molecule has 4 N–H and O–H groups in total. The van der Waals surface area contributed by atoms with Crippen molar-refractivity contribution in [3.8, 4) is 0 Å². The van der Waals surface area contributed by atoms with E-state index in [9.17, 15) is 9.59 Å². The first kappa shape index (κ1) is 20.2. The summed E-state index contributed by atoms with van der Waals surface area (Å²) < 4.78 is 5.77. The number of nitrogens with two attached hydrogens (primary N) is 1. The molecule has 0 radical (unpaired) electrons. The molecule has 23 heavy (non-hydrogen) atoms. The summed E-state index contributed by atoms with van der Waals surface area (Å²) >= 11 is 0. The van der Waals surface area contributed by atoms with Crippen LogP contribution in [-0.4, -0.2) is 43.2 Å². The summed E-state index contributed by atoms with van der Waals surface area (Å²) in [6.45, 7) is 6.48. The Morgan fingerprint density at radius 2 is 2.00 bits per heavy atom. The Labute approximate surface area is 144 Å². The van der Waals surface area contributed by atoms with Crippen molar-refractivity contribution in [3.05, 3.63) is 0 Å². The fraction of sp³-hybridized carbons (Fsp3) is 0.875. The minimum absolute atomic E-state index is 0. The second-order valence-electron chi connectivity index (χ2n) is 6.87. The lowest BCUT2D eigenvalue weighted by Crippen LogP contribution is -2.68. The first-order valence-corrected chi connectivity index (χ1v) is 8.35. The van der Waals surface area contributed by atoms with Crippen molar-refractivity contribution >= 4 is 24.2 Å². The second-order valence-corrected chi connectivity index (χ2v) is 6.87. The lowest BCUT2D eigenvalue weighted by molar-refractivity contribution is -0.175. The summed E-state index contributed by atoms with van der Waals surface area (Å²) in [4.78, 5) is 23.8. The van der Waals surface area contributed by atoms with Crippen LogP contribution >= 0.6 is 12.4 Å². The predicted octanol–water partition coefficient (Wildman–Crippen LogP) is 0.972. The highest BCUT2D eigenvalue weighted by Crippen LogP contribution is 2.57. The van der Waals surface area contributed by atoms with Gasteiger partial charge in [0.2, 0.25) is 11.8 Å². The quantitative estimate of drug-likeness (QED) is 0.639. The molecule has 7 heteroatoms. The summed E-state index contributed by atoms with van der Waals surface area (Å²) in [6.07, 6.45) is 4.59. The van der Waals surface area contributed by atoms with Crippen molar-refractivity contribution in [2.75, 3.05) is 13.2 Å². The van der Waals surface area contributed by atoms with Crippen LogP contribution in [0.3, 0.4) is 0 Å². The van der Waals surface area contributed by atoms with Gasteiger partial charge >= 0.3 is 0 Å². The van der Waals surface area contributed by atoms with E-state index >= 15 is 0 Å². The molecule has 0 aliphatic heterocycles. The molecular weight excluding hydrogens is 318 g/mol. The van der Waals surface area contributed by atoms with Crippen molar-refractivity contribution in [3.63, 3.8) is 0 Å². The molecule has 0 saturated heterocycles. The van der Waals surface area contributed by atoms with Gasteiger partial charge in [0.05, 0.1) is 18.7 Å². The molecule has 0 aromatic carbocycles. The van der Waals surface area contributed by atoms with E-state index < -0.39 is 6.04 Å². The Hall–Kier alpha value is -0.850. The number of ether oxygens (including phenoxy) is 1. The van der Waals surface area contributed by atoms with Crippen LogP contribution < -0.4 is 16.4 Å². The van der Waals surface area contributed by atoms with E-state index in [0.717, 1.165) is 25.9 Å². The first-order chi connectivity index (χ1) is 10.4. The number of carbonyl (C=O) groups excluding carboxylic acids is 2. The van der Waals surface area contributed by atoms with E-state index in [0.29, 0.717) is 0 Å². The lowest BCUT2D eigenvalue weighted by atomic mass is 9.51. The number of amides is 2. The van der Waals surface area contributed by atoms with Crippen LogP contribution in [0, 0.1) is 11.3 Å². The predicted molar refractivity (Wildman–Crippen MR) is 91.3 cm³/mol. The largest absolute Gasteiger partial charge is 0.378 e. The molecule has 6 nitrogen and oxygen atoms in total. The van der Waals surface area contributed by atoms with Gasteiger partial charge in [-0.05, 0) is 32.1 Å². The van der Waals surface area contributed by atoms with Gasteiger partial charge in [-0.15, -0.1) is 12.4 Å². The zero-order valence-electron chi connectivity index (χ0n) is 14.3. The molecular formula is C16H30ClN3O3. The fourth-order valence-corrected chi connectivity index (χ4v) is 3.47. The molecule has 2 rings (SSSR count). The van der Waals surface area contributed by atoms with E-state index in [1.807, 2.05) is 20.8 Å². The zero-order chi connectivity index (χ0) is 16.3. The van der Waals surface area contributed by atoms with Crippen LogP contribution in [0.5, 0.6) is 0 Å². The van der Waals surface area contributed by atoms with Gasteiger partial charge in [0, 0.05) is 18.1 Å². The molecule has 2 saturated carbocycles. The third-order valence-corrected chi connectivity index (χ3v) is 5.22. The minimum Gasteiger partial charge on any atom is -0.378 e. The summed E-state index contributed by atoms with van der Waals surface area (Å²) in [6, 6.07) is -0.391. The zero-order valence-corrected chi connectivity index (χ0v) is 15.1. The summed E-state index contributed by atoms with van der Waals surface area (Å²) in [7, 11) is 0. The standard InChI is InChI=1S/C16H29N3O3.ClH/c1-4-22-12-8-11(16(12)6-5-7-16)19-13(20)9-18-15(21)14(17)10(2)3;/h10-12,14H,4-9,17H2,1-3H3,(H,18,21)(H,19,20);1H/t11?,12?,14-;/m0./s1. The summed E-state index contributed by atoms with van der Waals surface area (Å²) in [5, 5.41) is 5.66. The molecule has 2 aliphatic rings. The van der Waals surface area contributed by atoms with E-state index in [1.54, 1.807) is 0 Å². The monoisotopic (exact) mass is 347 g/mol. The molecule has 0 bridgehead atoms. The van der Waals surface area contributed by atoms with Gasteiger partial charge in [-0.2, -0.15) is 0 Å². The van der Waals surface area contributed by atoms with Gasteiger partial charge in [0.25, 0.3) is 0 Å². The maximum atomic E-state index is 12.0. The molecule has 0 heterocycles. The Bertz CT molecular complexity index is 427. The average Bonchev–Trinajstić information content (AvgIpc) is 2.40. The number of carbonyl (C=O) groups is 2. The Kier molecular flexibility index (Phi) is 7.29. The fourth-order valence-electron chi connectivity index (χ4n) is 3.47. The molecule has 134 valence electrons. The van der Waals surface area contributed by atoms with Gasteiger partial charge in [-0.25, -0.2) is 0 Å². The number of hydrogen-bond acceptors (Lipinski definition) is 4. The van der Waals surface area contributed by atoms with Crippen LogP contribution in [0.1, 0.15) is 46.5 Å². The van der Waals surface area contributed by atoms with Crippen LogP contribution in [0.2, 0.25) is 0 Å². The van der Waals surface area contributed by atoms with Gasteiger partial charge < -0.3 is 21.1 Å². The highest BCUT2D eigenvalue weighted by molar-refractivity contribution is 5.87. The van der Waals surface area contributed by atoms with Gasteiger partial charge in [0.15, 0.2) is 0 Å². The van der Waals surface area contributed by atoms with Crippen LogP contribution in [-0.2, 0) is 14.3 Å². The van der Waals surface area contributed by atoms with E-state index in [1.165, 1.54) is 6.42 Å². The number of hydrogen-bond donors (Lipinski definition) is 3. The van der Waals surface area contributed by atoms with E-state index in [-0.39, 0.29) is 54.2 Å². The normalized spacial score (nSPS) is 25.8. The Morgan fingerprint density at radius 3 is 2.48 bits per heavy atom. The van der Waals surface area contributed by atoms with Gasteiger partial charge in [0.1, 0.15) is 0 Å². The smallest absolute Gasteiger partial charge is 0.239 e. The molecule has 1 spiro atoms. The third-order valence-electron chi connectivity index (χ3n) is 5.22. The topological polar surface area (TPSA) is 93.5 Å². The summed E-state index contributed by atoms with van der Waals surface area (Å²) in [5.74, 6) is -0.361. The lowest BCUT2D eigenvalue weighted by Gasteiger charge is -2.61. The van der Waals surface area contributed by atoms with Crippen molar-refractivity contribution in [2.24, 2.45) is 17.1 Å². The highest BCUT2D eigenvalue weighted by atomic mass is 35.5. The SMILES string of the molecule is CCOC1CC(NC(=O)CNC(=O)[C@@H](N)C(C)C)C12CCC2.Cl. The van der Waals surface area contributed by atoms with E-state index in [2.05, 4.69) is 10.6 Å². The van der Waals surface area contributed by atoms with E-state index in [4.69, 9.17) is 10.5 Å². The third kappa shape index (κ3) is 4.17. The van der Waals surface area contributed by atoms with Crippen LogP contribution in [0.15, 0.2) is 0 Å². The van der Waals surface area contributed by atoms with Crippen molar-refractivity contribution < 1.29 is 14.3 Å². The van der Waals surface area contributed by atoms with Gasteiger partial charge in [-0.3, -0.25) is 9.59 Å². The van der Waals surface area contributed by atoms with Crippen LogP contribution in [0.4, 0.5) is 0 Å². The summed E-state index contributed by atoms with van der Waals surface area (Å²) in [5.41, 5.74) is 5.89. The van der Waals surface area contributed by atoms with Crippen molar-refractivity contribution in [1.82, 2.24) is 10.6 Å². The molecule has 0 aromatic rings. The van der Waals surface area contributed by atoms with Crippen molar-refractivity contribution in [1.29, 1.82) is 0 Å². The Morgan fingerprint density at radius 1 is 1.35 bits per heavy atom. The number of nitrogens with one attached hydrogen (secondary N) is 2. The molecule has 2 amide bonds. The first-order valence-electron chi connectivity index (χ1n) is 8.35. The van der Waals surface area contributed by atoms with Crippen molar-refractivity contribution in [2.45, 2.75) is 64.6 Å². The molecule has 0 aromatic heterocycles. The Balaban J connectivity index is 0.00000264. The molecule has 2 unspecified atom stereocenters. The number of halogens is 1. The van der Waals surface area contributed by atoms with Gasteiger partial charge in [-0.1, -0.05) is 20.3 Å². The molecule has 2 fully saturated rings. The molecule has 2 aliphatic carbocycles. The minimum atomic E-state index is -0.572. The maximum absolute atomic E-state index is 12.0. The number of rotatable bonds is 7. The average molecular weight is 348 g/mol. The highest BCUT2D eigenvalue weighted by Gasteiger charge is 2.59.